The summed E-state index contributed by atoms with van der Waals surface area (Å²) in [6.07, 6.45) is -1.59. The molecule has 4 nitrogen and oxygen atoms in total. The normalized spacial score (nSPS) is 48.0. The lowest BCUT2D eigenvalue weighted by Gasteiger charge is -2.11. The predicted molar refractivity (Wildman–Crippen MR) is 35.5 cm³/mol. The largest absolute Gasteiger partial charge is 0.395 e. The zero-order valence-corrected chi connectivity index (χ0v) is 5.86. The van der Waals surface area contributed by atoms with Crippen LogP contribution in [0.15, 0.2) is 0 Å². The van der Waals surface area contributed by atoms with E-state index in [1.165, 1.54) is 0 Å². The number of rotatable bonds is 1. The highest BCUT2D eigenvalue weighted by atomic mass is 16.3. The highest BCUT2D eigenvalue weighted by molar-refractivity contribution is 4.95. The molecule has 1 saturated heterocycles. The molecule has 10 heavy (non-hydrogen) atoms. The van der Waals surface area contributed by atoms with Gasteiger partial charge in [-0.05, 0) is 6.92 Å². The van der Waals surface area contributed by atoms with Gasteiger partial charge in [0.15, 0.2) is 0 Å². The summed E-state index contributed by atoms with van der Waals surface area (Å²) < 4.78 is 0. The summed E-state index contributed by atoms with van der Waals surface area (Å²) in [5.74, 6) is 0. The van der Waals surface area contributed by atoms with Crippen molar-refractivity contribution >= 4 is 0 Å². The maximum absolute atomic E-state index is 9.16. The van der Waals surface area contributed by atoms with Crippen molar-refractivity contribution in [3.8, 4) is 0 Å². The third kappa shape index (κ3) is 1.15. The zero-order valence-electron chi connectivity index (χ0n) is 5.86. The van der Waals surface area contributed by atoms with E-state index in [1.807, 2.05) is 0 Å². The fourth-order valence-electron chi connectivity index (χ4n) is 1.23. The molecule has 1 unspecified atom stereocenters. The first kappa shape index (κ1) is 7.94. The molecule has 1 aliphatic rings. The Morgan fingerprint density at radius 3 is 2.10 bits per heavy atom. The minimum atomic E-state index is -0.833. The van der Waals surface area contributed by atoms with Gasteiger partial charge in [0.25, 0.3) is 0 Å². The SMILES string of the molecule is CC1N[C@H](CO)[C@@H](O)[C@@H]1O. The second-order valence-electron chi connectivity index (χ2n) is 2.73. The molecule has 0 aromatic heterocycles. The van der Waals surface area contributed by atoms with Crippen LogP contribution in [-0.2, 0) is 0 Å². The number of aliphatic hydroxyl groups is 3. The van der Waals surface area contributed by atoms with Gasteiger partial charge in [0.1, 0.15) is 0 Å². The fourth-order valence-corrected chi connectivity index (χ4v) is 1.23. The lowest BCUT2D eigenvalue weighted by atomic mass is 10.1. The van der Waals surface area contributed by atoms with Crippen LogP contribution < -0.4 is 5.32 Å². The minimum Gasteiger partial charge on any atom is -0.395 e. The van der Waals surface area contributed by atoms with Crippen LogP contribution in [0, 0.1) is 0 Å². The molecule has 60 valence electrons. The lowest BCUT2D eigenvalue weighted by molar-refractivity contribution is 0.0214. The zero-order chi connectivity index (χ0) is 7.72. The molecule has 1 heterocycles. The molecule has 1 rings (SSSR count). The van der Waals surface area contributed by atoms with E-state index in [0.717, 1.165) is 0 Å². The van der Waals surface area contributed by atoms with Gasteiger partial charge >= 0.3 is 0 Å². The van der Waals surface area contributed by atoms with Crippen molar-refractivity contribution < 1.29 is 15.3 Å². The van der Waals surface area contributed by atoms with Gasteiger partial charge < -0.3 is 20.6 Å². The van der Waals surface area contributed by atoms with Crippen LogP contribution in [0.5, 0.6) is 0 Å². The summed E-state index contributed by atoms with van der Waals surface area (Å²) in [7, 11) is 0. The molecule has 0 aromatic rings. The van der Waals surface area contributed by atoms with Crippen molar-refractivity contribution in [3.05, 3.63) is 0 Å². The van der Waals surface area contributed by atoms with Crippen LogP contribution >= 0.6 is 0 Å². The molecule has 0 radical (unpaired) electrons. The van der Waals surface area contributed by atoms with Gasteiger partial charge in [0.2, 0.25) is 0 Å². The second kappa shape index (κ2) is 2.84. The van der Waals surface area contributed by atoms with Crippen molar-refractivity contribution in [2.75, 3.05) is 6.61 Å². The molecule has 0 aromatic carbocycles. The van der Waals surface area contributed by atoms with Crippen molar-refractivity contribution in [1.29, 1.82) is 0 Å². The summed E-state index contributed by atoms with van der Waals surface area (Å²) in [5, 5.41) is 29.8. The molecule has 0 saturated carbocycles. The molecule has 4 N–H and O–H groups in total. The molecule has 1 fully saturated rings. The van der Waals surface area contributed by atoms with Crippen LogP contribution in [0.2, 0.25) is 0 Å². The van der Waals surface area contributed by atoms with Crippen molar-refractivity contribution in [2.45, 2.75) is 31.2 Å². The molecule has 4 heteroatoms. The van der Waals surface area contributed by atoms with Gasteiger partial charge in [-0.1, -0.05) is 0 Å². The summed E-state index contributed by atoms with van der Waals surface area (Å²) >= 11 is 0. The number of nitrogens with one attached hydrogen (secondary N) is 1. The molecular weight excluding hydrogens is 134 g/mol. The standard InChI is InChI=1S/C6H13NO3/c1-3-5(9)6(10)4(2-8)7-3/h3-10H,2H2,1H3/t3?,4-,5-,6-/m1/s1. The Kier molecular flexibility index (Phi) is 2.25. The molecular formula is C6H13NO3. The fraction of sp³-hybridized carbons (Fsp3) is 1.00. The molecule has 0 spiro atoms. The Morgan fingerprint density at radius 1 is 1.30 bits per heavy atom. The molecule has 0 aliphatic carbocycles. The van der Waals surface area contributed by atoms with E-state index < -0.39 is 12.2 Å². The van der Waals surface area contributed by atoms with Crippen molar-refractivity contribution in [2.24, 2.45) is 0 Å². The maximum Gasteiger partial charge on any atom is 0.0989 e. The quantitative estimate of drug-likeness (QED) is 0.348. The van der Waals surface area contributed by atoms with E-state index >= 15 is 0 Å². The predicted octanol–water partition coefficient (Wildman–Crippen LogP) is -1.94. The maximum atomic E-state index is 9.16. The first-order chi connectivity index (χ1) is 4.66. The van der Waals surface area contributed by atoms with E-state index in [0.29, 0.717) is 0 Å². The van der Waals surface area contributed by atoms with E-state index in [4.69, 9.17) is 15.3 Å². The Labute approximate surface area is 59.5 Å². The van der Waals surface area contributed by atoms with Gasteiger partial charge in [-0.2, -0.15) is 0 Å². The first-order valence-corrected chi connectivity index (χ1v) is 3.40. The Hall–Kier alpha value is -0.160. The van der Waals surface area contributed by atoms with Crippen molar-refractivity contribution in [1.82, 2.24) is 5.32 Å². The van der Waals surface area contributed by atoms with Crippen LogP contribution in [0.25, 0.3) is 0 Å². The van der Waals surface area contributed by atoms with Gasteiger partial charge in [-0.25, -0.2) is 0 Å². The van der Waals surface area contributed by atoms with Crippen LogP contribution in [-0.4, -0.2) is 46.2 Å². The summed E-state index contributed by atoms with van der Waals surface area (Å²) in [4.78, 5) is 0. The smallest absolute Gasteiger partial charge is 0.0989 e. The minimum absolute atomic E-state index is 0.132. The number of hydrogen-bond acceptors (Lipinski definition) is 4. The molecule has 1 aliphatic heterocycles. The van der Waals surface area contributed by atoms with E-state index in [-0.39, 0.29) is 18.7 Å². The summed E-state index contributed by atoms with van der Waals surface area (Å²) in [6.45, 7) is 1.63. The monoisotopic (exact) mass is 147 g/mol. The average Bonchev–Trinajstić information content (AvgIpc) is 2.17. The van der Waals surface area contributed by atoms with Crippen LogP contribution in [0.4, 0.5) is 0 Å². The topological polar surface area (TPSA) is 72.7 Å². The second-order valence-corrected chi connectivity index (χ2v) is 2.73. The Bertz CT molecular complexity index is 120. The molecule has 0 amide bonds. The van der Waals surface area contributed by atoms with Crippen LogP contribution in [0.1, 0.15) is 6.92 Å². The first-order valence-electron chi connectivity index (χ1n) is 3.40. The highest BCUT2D eigenvalue weighted by Gasteiger charge is 2.37. The number of hydrogen-bond donors (Lipinski definition) is 4. The molecule has 4 atom stereocenters. The van der Waals surface area contributed by atoms with Crippen LogP contribution in [0.3, 0.4) is 0 Å². The van der Waals surface area contributed by atoms with E-state index in [1.54, 1.807) is 6.92 Å². The van der Waals surface area contributed by atoms with Gasteiger partial charge in [0.05, 0.1) is 24.9 Å². The summed E-state index contributed by atoms with van der Waals surface area (Å²) in [6, 6.07) is -0.503. The average molecular weight is 147 g/mol. The van der Waals surface area contributed by atoms with Gasteiger partial charge in [-0.3, -0.25) is 0 Å². The third-order valence-corrected chi connectivity index (χ3v) is 1.95. The lowest BCUT2D eigenvalue weighted by Crippen LogP contribution is -2.36. The van der Waals surface area contributed by atoms with E-state index in [9.17, 15) is 0 Å². The van der Waals surface area contributed by atoms with Crippen molar-refractivity contribution in [3.63, 3.8) is 0 Å². The highest BCUT2D eigenvalue weighted by Crippen LogP contribution is 2.12. The van der Waals surface area contributed by atoms with E-state index in [2.05, 4.69) is 5.32 Å². The Balaban J connectivity index is 2.53. The Morgan fingerprint density at radius 2 is 1.90 bits per heavy atom. The summed E-state index contributed by atoms with van der Waals surface area (Å²) in [5.41, 5.74) is 0. The third-order valence-electron chi connectivity index (χ3n) is 1.95. The molecule has 0 bridgehead atoms. The van der Waals surface area contributed by atoms with Gasteiger partial charge in [-0.15, -0.1) is 0 Å². The number of aliphatic hydroxyl groups excluding tert-OH is 3. The van der Waals surface area contributed by atoms with Gasteiger partial charge in [0, 0.05) is 6.04 Å².